The Bertz CT molecular complexity index is 265. The Hall–Kier alpha value is -0.750. The fourth-order valence-electron chi connectivity index (χ4n) is 1.76. The van der Waals surface area contributed by atoms with Crippen LogP contribution in [0.25, 0.3) is 0 Å². The highest BCUT2D eigenvalue weighted by molar-refractivity contribution is 8.00. The summed E-state index contributed by atoms with van der Waals surface area (Å²) in [6.45, 7) is 1.68. The maximum atomic E-state index is 11.8. The van der Waals surface area contributed by atoms with Crippen LogP contribution in [0.2, 0.25) is 0 Å². The van der Waals surface area contributed by atoms with Gasteiger partial charge < -0.3 is 15.7 Å². The Balaban J connectivity index is 2.21. The Morgan fingerprint density at radius 1 is 1.24 bits per heavy atom. The van der Waals surface area contributed by atoms with Crippen LogP contribution in [0.3, 0.4) is 0 Å². The lowest BCUT2D eigenvalue weighted by Gasteiger charge is -2.20. The minimum Gasteiger partial charge on any atom is -0.480 e. The fraction of sp³-hybridized carbons (Fsp3) is 0.818. The number of rotatable bonds is 5. The highest BCUT2D eigenvalue weighted by Gasteiger charge is 2.17. The molecule has 0 spiro atoms. The van der Waals surface area contributed by atoms with Gasteiger partial charge in [-0.1, -0.05) is 12.8 Å². The van der Waals surface area contributed by atoms with E-state index in [1.54, 1.807) is 0 Å². The Labute approximate surface area is 106 Å². The van der Waals surface area contributed by atoms with Crippen molar-refractivity contribution in [2.45, 2.75) is 31.7 Å². The zero-order chi connectivity index (χ0) is 12.7. The first kappa shape index (κ1) is 14.3. The lowest BCUT2D eigenvalue weighted by Crippen LogP contribution is -2.35. The van der Waals surface area contributed by atoms with Crippen molar-refractivity contribution in [3.8, 4) is 0 Å². The SMILES string of the molecule is N[C@H](CSCC(=O)N1CCCCCC1)C(=O)O. The molecule has 0 bridgehead atoms. The van der Waals surface area contributed by atoms with Crippen LogP contribution < -0.4 is 5.73 Å². The van der Waals surface area contributed by atoms with Crippen LogP contribution in [0.4, 0.5) is 0 Å². The molecule has 1 amide bonds. The van der Waals surface area contributed by atoms with E-state index in [2.05, 4.69) is 0 Å². The highest BCUT2D eigenvalue weighted by Crippen LogP contribution is 2.12. The molecule has 0 radical (unpaired) electrons. The highest BCUT2D eigenvalue weighted by atomic mass is 32.2. The van der Waals surface area contributed by atoms with Gasteiger partial charge in [0.05, 0.1) is 5.75 Å². The molecule has 3 N–H and O–H groups in total. The molecule has 1 rings (SSSR count). The van der Waals surface area contributed by atoms with Gasteiger partial charge in [-0.15, -0.1) is 11.8 Å². The number of carboxylic acids is 1. The van der Waals surface area contributed by atoms with Crippen LogP contribution in [0.5, 0.6) is 0 Å². The van der Waals surface area contributed by atoms with Crippen molar-refractivity contribution >= 4 is 23.6 Å². The Morgan fingerprint density at radius 3 is 2.35 bits per heavy atom. The third-order valence-electron chi connectivity index (χ3n) is 2.80. The van der Waals surface area contributed by atoms with E-state index in [-0.39, 0.29) is 11.7 Å². The maximum Gasteiger partial charge on any atom is 0.321 e. The van der Waals surface area contributed by atoms with Crippen LogP contribution in [-0.4, -0.2) is 52.5 Å². The quantitative estimate of drug-likeness (QED) is 0.753. The summed E-state index contributed by atoms with van der Waals surface area (Å²) in [4.78, 5) is 24.2. The zero-order valence-corrected chi connectivity index (χ0v) is 10.7. The maximum absolute atomic E-state index is 11.8. The molecule has 1 heterocycles. The van der Waals surface area contributed by atoms with E-state index in [9.17, 15) is 9.59 Å². The van der Waals surface area contributed by atoms with Gasteiger partial charge in [0.25, 0.3) is 0 Å². The van der Waals surface area contributed by atoms with E-state index < -0.39 is 12.0 Å². The minimum atomic E-state index is -1.01. The van der Waals surface area contributed by atoms with E-state index in [0.717, 1.165) is 25.9 Å². The summed E-state index contributed by atoms with van der Waals surface area (Å²) in [6.07, 6.45) is 4.54. The fourth-order valence-corrected chi connectivity index (χ4v) is 2.63. The van der Waals surface area contributed by atoms with E-state index in [4.69, 9.17) is 10.8 Å². The van der Waals surface area contributed by atoms with E-state index in [1.807, 2.05) is 4.90 Å². The molecule has 0 aromatic heterocycles. The Kier molecular flexibility index (Phi) is 6.36. The van der Waals surface area contributed by atoms with Crippen molar-refractivity contribution in [2.24, 2.45) is 5.73 Å². The summed E-state index contributed by atoms with van der Waals surface area (Å²) in [7, 11) is 0. The summed E-state index contributed by atoms with van der Waals surface area (Å²) >= 11 is 1.30. The smallest absolute Gasteiger partial charge is 0.321 e. The third kappa shape index (κ3) is 5.41. The Morgan fingerprint density at radius 2 is 1.82 bits per heavy atom. The molecule has 98 valence electrons. The van der Waals surface area contributed by atoms with Crippen molar-refractivity contribution in [1.29, 1.82) is 0 Å². The zero-order valence-electron chi connectivity index (χ0n) is 9.93. The van der Waals surface area contributed by atoms with Gasteiger partial charge in [-0.25, -0.2) is 0 Å². The number of carbonyl (C=O) groups excluding carboxylic acids is 1. The van der Waals surface area contributed by atoms with Crippen molar-refractivity contribution < 1.29 is 14.7 Å². The van der Waals surface area contributed by atoms with E-state index in [0.29, 0.717) is 5.75 Å². The second-order valence-electron chi connectivity index (χ2n) is 4.25. The summed E-state index contributed by atoms with van der Waals surface area (Å²) in [5.74, 6) is -0.287. The van der Waals surface area contributed by atoms with Gasteiger partial charge in [-0.2, -0.15) is 0 Å². The number of amides is 1. The second kappa shape index (κ2) is 7.55. The van der Waals surface area contributed by atoms with Crippen LogP contribution in [0, 0.1) is 0 Å². The van der Waals surface area contributed by atoms with Crippen molar-refractivity contribution in [2.75, 3.05) is 24.6 Å². The molecule has 0 unspecified atom stereocenters. The topological polar surface area (TPSA) is 83.6 Å². The van der Waals surface area contributed by atoms with E-state index in [1.165, 1.54) is 24.6 Å². The predicted octanol–water partition coefficient (Wildman–Crippen LogP) is 0.534. The van der Waals surface area contributed by atoms with Gasteiger partial charge in [0, 0.05) is 18.8 Å². The largest absolute Gasteiger partial charge is 0.480 e. The molecule has 17 heavy (non-hydrogen) atoms. The van der Waals surface area contributed by atoms with Crippen molar-refractivity contribution in [3.05, 3.63) is 0 Å². The molecule has 0 saturated carbocycles. The molecular formula is C11H20N2O3S. The van der Waals surface area contributed by atoms with Gasteiger partial charge in [0.2, 0.25) is 5.91 Å². The number of nitrogens with zero attached hydrogens (tertiary/aromatic N) is 1. The van der Waals surface area contributed by atoms with E-state index >= 15 is 0 Å². The number of carboxylic acid groups (broad SMARTS) is 1. The molecule has 1 aliphatic rings. The normalized spacial score (nSPS) is 18.5. The molecule has 0 aromatic carbocycles. The van der Waals surface area contributed by atoms with Gasteiger partial charge in [0.1, 0.15) is 6.04 Å². The molecule has 1 fully saturated rings. The molecular weight excluding hydrogens is 240 g/mol. The molecule has 1 atom stereocenters. The molecule has 6 heteroatoms. The number of likely N-dealkylation sites (tertiary alicyclic amines) is 1. The molecule has 1 aliphatic heterocycles. The monoisotopic (exact) mass is 260 g/mol. The first-order valence-electron chi connectivity index (χ1n) is 5.95. The third-order valence-corrected chi connectivity index (χ3v) is 3.84. The number of aliphatic carboxylic acids is 1. The molecule has 0 aromatic rings. The first-order chi connectivity index (χ1) is 8.11. The minimum absolute atomic E-state index is 0.106. The molecule has 1 saturated heterocycles. The lowest BCUT2D eigenvalue weighted by atomic mass is 10.2. The second-order valence-corrected chi connectivity index (χ2v) is 5.29. The van der Waals surface area contributed by atoms with Gasteiger partial charge in [-0.3, -0.25) is 9.59 Å². The number of hydrogen-bond acceptors (Lipinski definition) is 4. The van der Waals surface area contributed by atoms with Crippen molar-refractivity contribution in [3.63, 3.8) is 0 Å². The molecule has 0 aliphatic carbocycles. The lowest BCUT2D eigenvalue weighted by molar-refractivity contribution is -0.138. The number of carbonyl (C=O) groups is 2. The summed E-state index contributed by atoms with van der Waals surface area (Å²) in [5, 5.41) is 8.60. The van der Waals surface area contributed by atoms with Crippen LogP contribution in [0.15, 0.2) is 0 Å². The van der Waals surface area contributed by atoms with Crippen molar-refractivity contribution in [1.82, 2.24) is 4.90 Å². The average molecular weight is 260 g/mol. The number of hydrogen-bond donors (Lipinski definition) is 2. The first-order valence-corrected chi connectivity index (χ1v) is 7.10. The van der Waals surface area contributed by atoms with Crippen LogP contribution in [0.1, 0.15) is 25.7 Å². The van der Waals surface area contributed by atoms with Gasteiger partial charge >= 0.3 is 5.97 Å². The standard InChI is InChI=1S/C11H20N2O3S/c12-9(11(15)16)7-17-8-10(14)13-5-3-1-2-4-6-13/h9H,1-8,12H2,(H,15,16)/t9-/m1/s1. The summed E-state index contributed by atoms with van der Waals surface area (Å²) < 4.78 is 0. The predicted molar refractivity (Wildman–Crippen MR) is 68.0 cm³/mol. The number of thioether (sulfide) groups is 1. The summed E-state index contributed by atoms with van der Waals surface area (Å²) in [5.41, 5.74) is 5.36. The molecule has 5 nitrogen and oxygen atoms in total. The van der Waals surface area contributed by atoms with Crippen LogP contribution in [-0.2, 0) is 9.59 Å². The van der Waals surface area contributed by atoms with Gasteiger partial charge in [-0.05, 0) is 12.8 Å². The average Bonchev–Trinajstić information content (AvgIpc) is 2.57. The number of nitrogens with two attached hydrogens (primary N) is 1. The van der Waals surface area contributed by atoms with Crippen LogP contribution >= 0.6 is 11.8 Å². The summed E-state index contributed by atoms with van der Waals surface area (Å²) in [6, 6.07) is -0.878. The van der Waals surface area contributed by atoms with Gasteiger partial charge in [0.15, 0.2) is 0 Å².